The summed E-state index contributed by atoms with van der Waals surface area (Å²) in [5.41, 5.74) is 3.76. The summed E-state index contributed by atoms with van der Waals surface area (Å²) in [4.78, 5) is 11.5. The highest BCUT2D eigenvalue weighted by Crippen LogP contribution is 2.18. The monoisotopic (exact) mass is 257 g/mol. The Morgan fingerprint density at radius 1 is 1.32 bits per heavy atom. The van der Waals surface area contributed by atoms with Crippen LogP contribution in [0.5, 0.6) is 0 Å². The van der Waals surface area contributed by atoms with Gasteiger partial charge in [0.25, 0.3) is 0 Å². The summed E-state index contributed by atoms with van der Waals surface area (Å²) in [6.45, 7) is 5.02. The topological polar surface area (TPSA) is 46.8 Å². The number of aromatic nitrogens is 4. The Morgan fingerprint density at radius 3 is 2.95 bits per heavy atom. The Morgan fingerprint density at radius 2 is 2.21 bits per heavy atom. The van der Waals surface area contributed by atoms with Crippen LogP contribution in [0.25, 0.3) is 0 Å². The molecule has 1 aliphatic rings. The maximum atomic E-state index is 4.66. The van der Waals surface area contributed by atoms with Crippen LogP contribution in [0, 0.1) is 0 Å². The van der Waals surface area contributed by atoms with Crippen LogP contribution in [0.4, 0.5) is 0 Å². The second-order valence-electron chi connectivity index (χ2n) is 5.09. The summed E-state index contributed by atoms with van der Waals surface area (Å²) in [7, 11) is 1.95. The summed E-state index contributed by atoms with van der Waals surface area (Å²) >= 11 is 0. The van der Waals surface area contributed by atoms with Crippen molar-refractivity contribution in [1.82, 2.24) is 24.6 Å². The molecule has 0 bridgehead atoms. The zero-order valence-electron chi connectivity index (χ0n) is 11.5. The number of rotatable bonds is 3. The molecule has 100 valence electrons. The Labute approximate surface area is 113 Å². The summed E-state index contributed by atoms with van der Waals surface area (Å²) in [5.74, 6) is 0.946. The van der Waals surface area contributed by atoms with Gasteiger partial charge in [0.2, 0.25) is 0 Å². The third-order valence-electron chi connectivity index (χ3n) is 3.56. The van der Waals surface area contributed by atoms with Gasteiger partial charge in [-0.15, -0.1) is 0 Å². The van der Waals surface area contributed by atoms with Crippen molar-refractivity contribution < 1.29 is 0 Å². The maximum absolute atomic E-state index is 4.66. The first-order valence-corrected chi connectivity index (χ1v) is 6.78. The molecule has 0 radical (unpaired) electrons. The molecule has 0 fully saturated rings. The fraction of sp³-hybridized carbons (Fsp3) is 0.500. The fourth-order valence-corrected chi connectivity index (χ4v) is 2.52. The first-order valence-electron chi connectivity index (χ1n) is 6.78. The molecule has 0 atom stereocenters. The van der Waals surface area contributed by atoms with Crippen molar-refractivity contribution in [2.75, 3.05) is 6.54 Å². The van der Waals surface area contributed by atoms with Crippen LogP contribution in [0.1, 0.15) is 29.6 Å². The lowest BCUT2D eigenvalue weighted by Gasteiger charge is -2.27. The minimum Gasteiger partial charge on any atom is -0.293 e. The Bertz CT molecular complexity index is 575. The van der Waals surface area contributed by atoms with E-state index in [1.807, 2.05) is 24.1 Å². The Balaban J connectivity index is 1.74. The first kappa shape index (κ1) is 12.3. The van der Waals surface area contributed by atoms with E-state index in [9.17, 15) is 0 Å². The van der Waals surface area contributed by atoms with Gasteiger partial charge in [-0.05, 0) is 12.0 Å². The van der Waals surface area contributed by atoms with E-state index in [-0.39, 0.29) is 0 Å². The standard InChI is InChI=1S/C14H19N5/c1-3-14-15-7-12-4-5-19(10-13(12)17-14)9-11-6-16-18(2)8-11/h6-8H,3-5,9-10H2,1-2H3. The molecular formula is C14H19N5. The SMILES string of the molecule is CCc1ncc2c(n1)CN(Cc1cnn(C)c1)CC2. The highest BCUT2D eigenvalue weighted by molar-refractivity contribution is 5.21. The van der Waals surface area contributed by atoms with Gasteiger partial charge < -0.3 is 0 Å². The second kappa shape index (κ2) is 5.09. The van der Waals surface area contributed by atoms with Crippen molar-refractivity contribution in [3.05, 3.63) is 41.2 Å². The molecule has 1 aliphatic heterocycles. The number of nitrogens with zero attached hydrogens (tertiary/aromatic N) is 5. The van der Waals surface area contributed by atoms with Gasteiger partial charge >= 0.3 is 0 Å². The molecule has 3 heterocycles. The van der Waals surface area contributed by atoms with Crippen LogP contribution in [0.2, 0.25) is 0 Å². The molecule has 0 amide bonds. The molecule has 0 aromatic carbocycles. The predicted octanol–water partition coefficient (Wildman–Crippen LogP) is 1.33. The number of hydrogen-bond acceptors (Lipinski definition) is 4. The number of fused-ring (bicyclic) bond motifs is 1. The largest absolute Gasteiger partial charge is 0.293 e. The van der Waals surface area contributed by atoms with E-state index in [4.69, 9.17) is 0 Å². The Hall–Kier alpha value is -1.75. The van der Waals surface area contributed by atoms with E-state index < -0.39 is 0 Å². The highest BCUT2D eigenvalue weighted by atomic mass is 15.2. The van der Waals surface area contributed by atoms with E-state index in [2.05, 4.69) is 33.1 Å². The van der Waals surface area contributed by atoms with Crippen molar-refractivity contribution in [1.29, 1.82) is 0 Å². The van der Waals surface area contributed by atoms with Gasteiger partial charge in [0.15, 0.2) is 0 Å². The predicted molar refractivity (Wildman–Crippen MR) is 72.4 cm³/mol. The number of hydrogen-bond donors (Lipinski definition) is 0. The average molecular weight is 257 g/mol. The molecule has 3 rings (SSSR count). The lowest BCUT2D eigenvalue weighted by Crippen LogP contribution is -2.31. The zero-order valence-corrected chi connectivity index (χ0v) is 11.5. The van der Waals surface area contributed by atoms with Crippen molar-refractivity contribution in [2.24, 2.45) is 7.05 Å². The van der Waals surface area contributed by atoms with Crippen LogP contribution in [0.15, 0.2) is 18.6 Å². The van der Waals surface area contributed by atoms with Gasteiger partial charge in [0, 0.05) is 51.1 Å². The molecule has 19 heavy (non-hydrogen) atoms. The maximum Gasteiger partial charge on any atom is 0.128 e. The normalized spacial score (nSPS) is 15.5. The average Bonchev–Trinajstić information content (AvgIpc) is 2.83. The molecule has 0 N–H and O–H groups in total. The van der Waals surface area contributed by atoms with Crippen LogP contribution >= 0.6 is 0 Å². The quantitative estimate of drug-likeness (QED) is 0.832. The van der Waals surface area contributed by atoms with Gasteiger partial charge in [-0.1, -0.05) is 6.92 Å². The molecule has 0 aliphatic carbocycles. The van der Waals surface area contributed by atoms with E-state index in [0.717, 1.165) is 38.3 Å². The zero-order chi connectivity index (χ0) is 13.2. The third kappa shape index (κ3) is 2.66. The van der Waals surface area contributed by atoms with E-state index in [1.165, 1.54) is 16.8 Å². The lowest BCUT2D eigenvalue weighted by atomic mass is 10.1. The first-order chi connectivity index (χ1) is 9.24. The van der Waals surface area contributed by atoms with Crippen molar-refractivity contribution in [3.8, 4) is 0 Å². The van der Waals surface area contributed by atoms with Gasteiger partial charge in [-0.25, -0.2) is 9.97 Å². The molecule has 0 spiro atoms. The van der Waals surface area contributed by atoms with Gasteiger partial charge in [0.05, 0.1) is 11.9 Å². The van der Waals surface area contributed by atoms with Crippen molar-refractivity contribution >= 4 is 0 Å². The second-order valence-corrected chi connectivity index (χ2v) is 5.09. The molecule has 5 heteroatoms. The van der Waals surface area contributed by atoms with Gasteiger partial charge in [-0.2, -0.15) is 5.10 Å². The summed E-state index contributed by atoms with van der Waals surface area (Å²) in [6.07, 6.45) is 7.96. The molecular weight excluding hydrogens is 238 g/mol. The van der Waals surface area contributed by atoms with Crippen LogP contribution in [-0.2, 0) is 33.0 Å². The summed E-state index contributed by atoms with van der Waals surface area (Å²) in [5, 5.41) is 4.22. The molecule has 0 saturated carbocycles. The molecule has 0 unspecified atom stereocenters. The van der Waals surface area contributed by atoms with E-state index >= 15 is 0 Å². The number of aryl methyl sites for hydroxylation is 2. The minimum atomic E-state index is 0.899. The van der Waals surface area contributed by atoms with Crippen LogP contribution < -0.4 is 0 Å². The Kier molecular flexibility index (Phi) is 3.29. The van der Waals surface area contributed by atoms with Crippen molar-refractivity contribution in [3.63, 3.8) is 0 Å². The lowest BCUT2D eigenvalue weighted by molar-refractivity contribution is 0.240. The van der Waals surface area contributed by atoms with Gasteiger partial charge in [0.1, 0.15) is 5.82 Å². The fourth-order valence-electron chi connectivity index (χ4n) is 2.52. The van der Waals surface area contributed by atoms with Crippen LogP contribution in [0.3, 0.4) is 0 Å². The van der Waals surface area contributed by atoms with Crippen LogP contribution in [-0.4, -0.2) is 31.2 Å². The summed E-state index contributed by atoms with van der Waals surface area (Å²) < 4.78 is 1.85. The van der Waals surface area contributed by atoms with Crippen molar-refractivity contribution in [2.45, 2.75) is 32.9 Å². The molecule has 5 nitrogen and oxygen atoms in total. The third-order valence-corrected chi connectivity index (χ3v) is 3.56. The molecule has 2 aromatic rings. The summed E-state index contributed by atoms with van der Waals surface area (Å²) in [6, 6.07) is 0. The molecule has 0 saturated heterocycles. The molecule has 2 aromatic heterocycles. The smallest absolute Gasteiger partial charge is 0.128 e. The minimum absolute atomic E-state index is 0.899. The highest BCUT2D eigenvalue weighted by Gasteiger charge is 2.18. The van der Waals surface area contributed by atoms with Gasteiger partial charge in [-0.3, -0.25) is 9.58 Å². The van der Waals surface area contributed by atoms with E-state index in [1.54, 1.807) is 0 Å². The van der Waals surface area contributed by atoms with E-state index in [0.29, 0.717) is 0 Å².